The molecule has 0 atom stereocenters. The van der Waals surface area contributed by atoms with E-state index in [0.29, 0.717) is 22.3 Å². The van der Waals surface area contributed by atoms with Crippen molar-refractivity contribution in [2.75, 3.05) is 5.32 Å². The van der Waals surface area contributed by atoms with Crippen LogP contribution >= 0.6 is 11.6 Å². The number of carbonyl (C=O) groups is 1. The SMILES string of the molecule is Cc1cc(NC(=O)c2cnc(Cl)c3ccccc23)on1. The fourth-order valence-electron chi connectivity index (χ4n) is 1.94. The molecule has 0 aliphatic rings. The molecule has 0 saturated heterocycles. The van der Waals surface area contributed by atoms with Crippen LogP contribution in [-0.4, -0.2) is 16.0 Å². The summed E-state index contributed by atoms with van der Waals surface area (Å²) in [6, 6.07) is 8.97. The molecule has 0 aliphatic carbocycles. The standard InChI is InChI=1S/C14H10ClN3O2/c1-8-6-12(20-18-8)17-14(19)11-7-16-13(15)10-5-3-2-4-9(10)11/h2-7H,1H3,(H,17,19). The zero-order valence-electron chi connectivity index (χ0n) is 10.6. The molecule has 0 aliphatic heterocycles. The number of aromatic nitrogens is 2. The molecule has 3 rings (SSSR count). The number of hydrogen-bond acceptors (Lipinski definition) is 4. The maximum absolute atomic E-state index is 12.3. The van der Waals surface area contributed by atoms with E-state index in [1.54, 1.807) is 13.0 Å². The Labute approximate surface area is 119 Å². The molecule has 0 bridgehead atoms. The van der Waals surface area contributed by atoms with Crippen LogP contribution in [0.4, 0.5) is 5.88 Å². The Morgan fingerprint density at radius 2 is 2.05 bits per heavy atom. The highest BCUT2D eigenvalue weighted by Gasteiger charge is 2.14. The summed E-state index contributed by atoms with van der Waals surface area (Å²) in [6.45, 7) is 1.78. The van der Waals surface area contributed by atoms with E-state index in [1.165, 1.54) is 6.20 Å². The number of aryl methyl sites for hydroxylation is 1. The highest BCUT2D eigenvalue weighted by atomic mass is 35.5. The molecule has 0 saturated carbocycles. The minimum atomic E-state index is -0.318. The fourth-order valence-corrected chi connectivity index (χ4v) is 2.15. The number of amides is 1. The van der Waals surface area contributed by atoms with Crippen molar-refractivity contribution < 1.29 is 9.32 Å². The topological polar surface area (TPSA) is 68.0 Å². The Kier molecular flexibility index (Phi) is 3.12. The van der Waals surface area contributed by atoms with E-state index in [1.807, 2.05) is 24.3 Å². The van der Waals surface area contributed by atoms with Gasteiger partial charge in [0, 0.05) is 17.6 Å². The molecule has 1 N–H and O–H groups in total. The number of rotatable bonds is 2. The first-order chi connectivity index (χ1) is 9.65. The number of nitrogens with zero attached hydrogens (tertiary/aromatic N) is 2. The average molecular weight is 288 g/mol. The second-order valence-electron chi connectivity index (χ2n) is 4.29. The van der Waals surface area contributed by atoms with Gasteiger partial charge in [-0.2, -0.15) is 0 Å². The summed E-state index contributed by atoms with van der Waals surface area (Å²) in [4.78, 5) is 16.3. The lowest BCUT2D eigenvalue weighted by molar-refractivity contribution is 0.102. The first kappa shape index (κ1) is 12.6. The second kappa shape index (κ2) is 4.94. The summed E-state index contributed by atoms with van der Waals surface area (Å²) in [5.41, 5.74) is 1.12. The van der Waals surface area contributed by atoms with Gasteiger partial charge in [0.2, 0.25) is 5.88 Å². The normalized spacial score (nSPS) is 10.7. The summed E-state index contributed by atoms with van der Waals surface area (Å²) in [5, 5.41) is 8.19. The number of nitrogens with one attached hydrogen (secondary N) is 1. The van der Waals surface area contributed by atoms with Gasteiger partial charge in [-0.25, -0.2) is 4.98 Å². The lowest BCUT2D eigenvalue weighted by Gasteiger charge is -2.06. The third-order valence-corrected chi connectivity index (χ3v) is 3.16. The maximum atomic E-state index is 12.3. The van der Waals surface area contributed by atoms with Crippen molar-refractivity contribution in [2.24, 2.45) is 0 Å². The Morgan fingerprint density at radius 1 is 1.30 bits per heavy atom. The number of carbonyl (C=O) groups excluding carboxylic acids is 1. The van der Waals surface area contributed by atoms with E-state index in [-0.39, 0.29) is 5.91 Å². The lowest BCUT2D eigenvalue weighted by Crippen LogP contribution is -2.12. The smallest absolute Gasteiger partial charge is 0.260 e. The molecule has 0 spiro atoms. The molecule has 2 aromatic heterocycles. The van der Waals surface area contributed by atoms with Crippen molar-refractivity contribution in [3.05, 3.63) is 52.9 Å². The van der Waals surface area contributed by atoms with Crippen LogP contribution in [0.25, 0.3) is 10.8 Å². The molecule has 1 amide bonds. The van der Waals surface area contributed by atoms with Gasteiger partial charge in [0.1, 0.15) is 5.15 Å². The van der Waals surface area contributed by atoms with Crippen LogP contribution in [0.15, 0.2) is 41.1 Å². The highest BCUT2D eigenvalue weighted by Crippen LogP contribution is 2.24. The van der Waals surface area contributed by atoms with Gasteiger partial charge in [-0.15, -0.1) is 0 Å². The Hall–Kier alpha value is -2.40. The second-order valence-corrected chi connectivity index (χ2v) is 4.65. The zero-order chi connectivity index (χ0) is 14.1. The third kappa shape index (κ3) is 2.23. The third-order valence-electron chi connectivity index (χ3n) is 2.86. The molecule has 3 aromatic rings. The number of halogens is 1. The van der Waals surface area contributed by atoms with Crippen LogP contribution in [-0.2, 0) is 0 Å². The zero-order valence-corrected chi connectivity index (χ0v) is 11.3. The predicted molar refractivity (Wildman–Crippen MR) is 75.9 cm³/mol. The van der Waals surface area contributed by atoms with Crippen LogP contribution < -0.4 is 5.32 Å². The first-order valence-corrected chi connectivity index (χ1v) is 6.31. The van der Waals surface area contributed by atoms with Crippen LogP contribution in [0, 0.1) is 6.92 Å². The summed E-state index contributed by atoms with van der Waals surface area (Å²) < 4.78 is 4.96. The van der Waals surface area contributed by atoms with Gasteiger partial charge in [0.05, 0.1) is 11.3 Å². The monoisotopic (exact) mass is 287 g/mol. The van der Waals surface area contributed by atoms with Gasteiger partial charge >= 0.3 is 0 Å². The minimum absolute atomic E-state index is 0.298. The molecule has 6 heteroatoms. The Bertz CT molecular complexity index is 798. The van der Waals surface area contributed by atoms with Crippen molar-refractivity contribution in [2.45, 2.75) is 6.92 Å². The van der Waals surface area contributed by atoms with E-state index in [2.05, 4.69) is 15.5 Å². The van der Waals surface area contributed by atoms with E-state index in [0.717, 1.165) is 10.8 Å². The van der Waals surface area contributed by atoms with Crippen LogP contribution in [0.2, 0.25) is 5.15 Å². The predicted octanol–water partition coefficient (Wildman–Crippen LogP) is 3.44. The number of fused-ring (bicyclic) bond motifs is 1. The molecule has 100 valence electrons. The van der Waals surface area contributed by atoms with E-state index >= 15 is 0 Å². The average Bonchev–Trinajstić information content (AvgIpc) is 2.84. The van der Waals surface area contributed by atoms with Gasteiger partial charge in [-0.1, -0.05) is 41.0 Å². The van der Waals surface area contributed by atoms with Crippen molar-refractivity contribution in [1.29, 1.82) is 0 Å². The van der Waals surface area contributed by atoms with Gasteiger partial charge in [-0.05, 0) is 12.3 Å². The van der Waals surface area contributed by atoms with Crippen LogP contribution in [0.1, 0.15) is 16.1 Å². The summed E-state index contributed by atoms with van der Waals surface area (Å²) >= 11 is 6.03. The Balaban J connectivity index is 2.01. The number of benzene rings is 1. The molecule has 0 radical (unpaired) electrons. The highest BCUT2D eigenvalue weighted by molar-refractivity contribution is 6.35. The van der Waals surface area contributed by atoms with Gasteiger partial charge in [-0.3, -0.25) is 10.1 Å². The van der Waals surface area contributed by atoms with Gasteiger partial charge in [0.15, 0.2) is 0 Å². The van der Waals surface area contributed by atoms with E-state index in [4.69, 9.17) is 16.1 Å². The molecule has 20 heavy (non-hydrogen) atoms. The van der Waals surface area contributed by atoms with E-state index < -0.39 is 0 Å². The molecular formula is C14H10ClN3O2. The number of hydrogen-bond donors (Lipinski definition) is 1. The van der Waals surface area contributed by atoms with Gasteiger partial charge < -0.3 is 4.52 Å². The maximum Gasteiger partial charge on any atom is 0.260 e. The summed E-state index contributed by atoms with van der Waals surface area (Å²) in [6.07, 6.45) is 1.45. The molecule has 0 fully saturated rings. The molecule has 2 heterocycles. The van der Waals surface area contributed by atoms with Crippen LogP contribution in [0.3, 0.4) is 0 Å². The minimum Gasteiger partial charge on any atom is -0.338 e. The van der Waals surface area contributed by atoms with Crippen molar-refractivity contribution in [1.82, 2.24) is 10.1 Å². The number of pyridine rings is 1. The largest absolute Gasteiger partial charge is 0.338 e. The van der Waals surface area contributed by atoms with E-state index in [9.17, 15) is 4.79 Å². The molecule has 5 nitrogen and oxygen atoms in total. The lowest BCUT2D eigenvalue weighted by atomic mass is 10.1. The van der Waals surface area contributed by atoms with Crippen LogP contribution in [0.5, 0.6) is 0 Å². The fraction of sp³-hybridized carbons (Fsp3) is 0.0714. The first-order valence-electron chi connectivity index (χ1n) is 5.93. The van der Waals surface area contributed by atoms with Crippen molar-refractivity contribution in [3.8, 4) is 0 Å². The van der Waals surface area contributed by atoms with Crippen molar-refractivity contribution in [3.63, 3.8) is 0 Å². The Morgan fingerprint density at radius 3 is 2.75 bits per heavy atom. The van der Waals surface area contributed by atoms with Gasteiger partial charge in [0.25, 0.3) is 5.91 Å². The molecule has 0 unspecified atom stereocenters. The number of anilines is 1. The molecule has 1 aromatic carbocycles. The quantitative estimate of drug-likeness (QED) is 0.733. The summed E-state index contributed by atoms with van der Waals surface area (Å²) in [7, 11) is 0. The summed E-state index contributed by atoms with van der Waals surface area (Å²) in [5.74, 6) is -0.0203. The molecular weight excluding hydrogens is 278 g/mol. The van der Waals surface area contributed by atoms with Crippen molar-refractivity contribution >= 4 is 34.2 Å².